The quantitative estimate of drug-likeness (QED) is 0.0673. The summed E-state index contributed by atoms with van der Waals surface area (Å²) in [7, 11) is -0.867. The van der Waals surface area contributed by atoms with E-state index in [1.54, 1.807) is 7.05 Å². The van der Waals surface area contributed by atoms with E-state index in [2.05, 4.69) is 81.4 Å². The van der Waals surface area contributed by atoms with E-state index in [0.717, 1.165) is 0 Å². The van der Waals surface area contributed by atoms with Crippen molar-refractivity contribution in [3.63, 3.8) is 0 Å². The lowest BCUT2D eigenvalue weighted by Crippen LogP contribution is -2.66. The SMILES string of the molecule is CN(CCOCCOCCOCCOCCOCCOCCOCCOCCOCCOCCOCCOCCO[Si](c1ccccc1)(c1ccccc1)C(C)(C)C)C(=O)OC(C)(C)C. The summed E-state index contributed by atoms with van der Waals surface area (Å²) in [5.41, 5.74) is -0.515. The Kier molecular flexibility index (Phi) is 33.7. The van der Waals surface area contributed by atoms with E-state index >= 15 is 0 Å². The Hall–Kier alpha value is -2.59. The Morgan fingerprint density at radius 1 is 0.400 bits per heavy atom. The molecule has 0 spiro atoms. The number of carbonyl (C=O) groups excluding carboxylic acids is 1. The molecule has 1 amide bonds. The lowest BCUT2D eigenvalue weighted by molar-refractivity contribution is -0.0287. The van der Waals surface area contributed by atoms with Crippen LogP contribution in [0, 0.1) is 0 Å². The third-order valence-electron chi connectivity index (χ3n) is 9.33. The molecule has 0 fully saturated rings. The molecule has 0 radical (unpaired) electrons. The number of hydrogen-bond donors (Lipinski definition) is 0. The zero-order valence-corrected chi connectivity index (χ0v) is 41.7. The first kappa shape index (κ1) is 58.5. The number of nitrogens with zero attached hydrogens (tertiary/aromatic N) is 1. The molecule has 2 aromatic carbocycles. The molecule has 0 aliphatic rings. The zero-order valence-electron chi connectivity index (χ0n) is 40.7. The third-order valence-corrected chi connectivity index (χ3v) is 14.4. The predicted molar refractivity (Wildman–Crippen MR) is 252 cm³/mol. The molecule has 16 nitrogen and oxygen atoms in total. The van der Waals surface area contributed by atoms with Crippen LogP contribution in [0.5, 0.6) is 0 Å². The fraction of sp³-hybridized carbons (Fsp3) is 0.729. The monoisotopic (exact) mass is 942 g/mol. The average Bonchev–Trinajstić information content (AvgIpc) is 3.28. The first-order valence-corrected chi connectivity index (χ1v) is 25.0. The van der Waals surface area contributed by atoms with Gasteiger partial charge in [0.1, 0.15) is 5.60 Å². The summed E-state index contributed by atoms with van der Waals surface area (Å²) < 4.78 is 78.9. The Morgan fingerprint density at radius 3 is 0.892 bits per heavy atom. The van der Waals surface area contributed by atoms with Crippen molar-refractivity contribution < 1.29 is 70.8 Å². The van der Waals surface area contributed by atoms with E-state index in [9.17, 15) is 4.79 Å². The van der Waals surface area contributed by atoms with Crippen molar-refractivity contribution in [2.45, 2.75) is 52.2 Å². The van der Waals surface area contributed by atoms with E-state index in [4.69, 9.17) is 66.0 Å². The van der Waals surface area contributed by atoms with Gasteiger partial charge in [0.05, 0.1) is 165 Å². The van der Waals surface area contributed by atoms with Gasteiger partial charge in [0.15, 0.2) is 0 Å². The van der Waals surface area contributed by atoms with Crippen molar-refractivity contribution in [2.24, 2.45) is 0 Å². The summed E-state index contributed by atoms with van der Waals surface area (Å²) in [5.74, 6) is 0. The van der Waals surface area contributed by atoms with E-state index in [-0.39, 0.29) is 11.1 Å². The summed E-state index contributed by atoms with van der Waals surface area (Å²) in [6.45, 7) is 24.9. The van der Waals surface area contributed by atoms with Gasteiger partial charge < -0.3 is 70.9 Å². The molecule has 65 heavy (non-hydrogen) atoms. The summed E-state index contributed by atoms with van der Waals surface area (Å²) in [6.07, 6.45) is -0.366. The normalized spacial score (nSPS) is 12.2. The highest BCUT2D eigenvalue weighted by Gasteiger charge is 2.50. The molecule has 0 saturated carbocycles. The van der Waals surface area contributed by atoms with Gasteiger partial charge in [0.2, 0.25) is 0 Å². The fourth-order valence-corrected chi connectivity index (χ4v) is 10.7. The molecule has 0 aliphatic carbocycles. The first-order valence-electron chi connectivity index (χ1n) is 23.1. The highest BCUT2D eigenvalue weighted by Crippen LogP contribution is 2.36. The van der Waals surface area contributed by atoms with Crippen LogP contribution in [0.3, 0.4) is 0 Å². The van der Waals surface area contributed by atoms with Crippen LogP contribution in [-0.2, 0) is 66.0 Å². The highest BCUT2D eigenvalue weighted by molar-refractivity contribution is 6.99. The molecule has 0 unspecified atom stereocenters. The minimum Gasteiger partial charge on any atom is -0.444 e. The largest absolute Gasteiger partial charge is 0.444 e. The maximum absolute atomic E-state index is 11.9. The van der Waals surface area contributed by atoms with Crippen LogP contribution < -0.4 is 10.4 Å². The number of carbonyl (C=O) groups is 1. The van der Waals surface area contributed by atoms with Crippen LogP contribution in [-0.4, -0.2) is 204 Å². The number of likely N-dealkylation sites (N-methyl/N-ethyl adjacent to an activating group) is 1. The lowest BCUT2D eigenvalue weighted by Gasteiger charge is -2.43. The average molecular weight is 942 g/mol. The number of amides is 1. The second-order valence-corrected chi connectivity index (χ2v) is 21.1. The van der Waals surface area contributed by atoms with E-state index in [1.807, 2.05) is 20.8 Å². The Bertz CT molecular complexity index is 1340. The van der Waals surface area contributed by atoms with Crippen LogP contribution in [0.4, 0.5) is 4.79 Å². The van der Waals surface area contributed by atoms with Crippen LogP contribution in [0.2, 0.25) is 5.04 Å². The third kappa shape index (κ3) is 29.0. The van der Waals surface area contributed by atoms with Gasteiger partial charge >= 0.3 is 6.09 Å². The molecular formula is C48H83NO15Si. The predicted octanol–water partition coefficient (Wildman–Crippen LogP) is 4.63. The standard InChI is InChI=1S/C48H83NO15Si/c1-47(2,3)64-46(50)49(7)18-19-51-20-21-52-22-23-53-24-25-54-26-27-55-28-29-56-30-31-57-32-33-58-34-35-59-36-37-60-38-39-61-40-41-62-42-43-63-65(48(4,5)6,44-14-10-8-11-15-44)45-16-12-9-13-17-45/h8-17H,18-43H2,1-7H3. The molecule has 374 valence electrons. The van der Waals surface area contributed by atoms with Crippen molar-refractivity contribution in [3.05, 3.63) is 60.7 Å². The van der Waals surface area contributed by atoms with Crippen LogP contribution >= 0.6 is 0 Å². The zero-order chi connectivity index (χ0) is 47.2. The molecule has 0 saturated heterocycles. The van der Waals surface area contributed by atoms with Crippen LogP contribution in [0.15, 0.2) is 60.7 Å². The molecule has 0 aliphatic heterocycles. The maximum Gasteiger partial charge on any atom is 0.410 e. The summed E-state index contributed by atoms with van der Waals surface area (Å²) in [5, 5.41) is 2.46. The molecular weight excluding hydrogens is 859 g/mol. The van der Waals surface area contributed by atoms with Crippen molar-refractivity contribution in [1.82, 2.24) is 4.90 Å². The van der Waals surface area contributed by atoms with Crippen molar-refractivity contribution >= 4 is 24.8 Å². The smallest absolute Gasteiger partial charge is 0.410 e. The summed E-state index contributed by atoms with van der Waals surface area (Å²) in [4.78, 5) is 13.4. The molecule has 0 heterocycles. The molecule has 0 N–H and O–H groups in total. The topological polar surface area (TPSA) is 150 Å². The fourth-order valence-electron chi connectivity index (χ4n) is 6.17. The van der Waals surface area contributed by atoms with Gasteiger partial charge in [-0.3, -0.25) is 0 Å². The van der Waals surface area contributed by atoms with Crippen LogP contribution in [0.1, 0.15) is 41.5 Å². The van der Waals surface area contributed by atoms with Gasteiger partial charge in [-0.05, 0) is 36.2 Å². The lowest BCUT2D eigenvalue weighted by atomic mass is 10.2. The van der Waals surface area contributed by atoms with Crippen LogP contribution in [0.25, 0.3) is 0 Å². The Morgan fingerprint density at radius 2 is 0.646 bits per heavy atom. The second-order valence-electron chi connectivity index (χ2n) is 16.8. The second kappa shape index (κ2) is 37.4. The van der Waals surface area contributed by atoms with E-state index in [1.165, 1.54) is 15.3 Å². The number of ether oxygens (including phenoxy) is 13. The summed E-state index contributed by atoms with van der Waals surface area (Å²) in [6, 6.07) is 21.3. The van der Waals surface area contributed by atoms with E-state index in [0.29, 0.717) is 172 Å². The van der Waals surface area contributed by atoms with Gasteiger partial charge in [-0.2, -0.15) is 0 Å². The molecule has 0 atom stereocenters. The Labute approximate surface area is 391 Å². The number of hydrogen-bond acceptors (Lipinski definition) is 15. The Balaban J connectivity index is 1.24. The maximum atomic E-state index is 11.9. The molecule has 2 aromatic rings. The molecule has 17 heteroatoms. The van der Waals surface area contributed by atoms with Crippen molar-refractivity contribution in [1.29, 1.82) is 0 Å². The number of rotatable bonds is 42. The number of benzene rings is 2. The highest BCUT2D eigenvalue weighted by atomic mass is 28.4. The molecule has 0 aromatic heterocycles. The van der Waals surface area contributed by atoms with Gasteiger partial charge in [-0.15, -0.1) is 0 Å². The minimum absolute atomic E-state index is 0.0634. The van der Waals surface area contributed by atoms with Crippen molar-refractivity contribution in [2.75, 3.05) is 179 Å². The van der Waals surface area contributed by atoms with Crippen molar-refractivity contribution in [3.8, 4) is 0 Å². The van der Waals surface area contributed by atoms with Gasteiger partial charge in [-0.1, -0.05) is 81.4 Å². The minimum atomic E-state index is -2.55. The van der Waals surface area contributed by atoms with Gasteiger partial charge in [0.25, 0.3) is 8.32 Å². The molecule has 0 bridgehead atoms. The van der Waals surface area contributed by atoms with E-state index < -0.39 is 13.9 Å². The van der Waals surface area contributed by atoms with Gasteiger partial charge in [-0.25, -0.2) is 4.79 Å². The first-order chi connectivity index (χ1) is 31.5. The van der Waals surface area contributed by atoms with Gasteiger partial charge in [0, 0.05) is 13.6 Å². The molecule has 2 rings (SSSR count). The summed E-state index contributed by atoms with van der Waals surface area (Å²) >= 11 is 0.